The van der Waals surface area contributed by atoms with Gasteiger partial charge in [0.15, 0.2) is 0 Å². The van der Waals surface area contributed by atoms with Crippen molar-refractivity contribution in [1.29, 1.82) is 0 Å². The number of hydrogen-bond acceptors (Lipinski definition) is 25. The minimum absolute atomic E-state index is 0. The molecule has 7 fully saturated rings. The maximum atomic E-state index is 12.0. The second-order valence-electron chi connectivity index (χ2n) is 25.5. The Morgan fingerprint density at radius 3 is 0.717 bits per heavy atom. The van der Waals surface area contributed by atoms with E-state index in [1.54, 1.807) is 11.8 Å². The number of piperidine rings is 7. The van der Waals surface area contributed by atoms with Gasteiger partial charge >= 0.3 is 53.8 Å². The molecule has 0 bridgehead atoms. The van der Waals surface area contributed by atoms with E-state index in [0.717, 1.165) is 136 Å². The zero-order valence-corrected chi connectivity index (χ0v) is 67.1. The number of carbonyl (C=O) groups is 9. The fourth-order valence-electron chi connectivity index (χ4n) is 10.4. The molecule has 0 saturated carbocycles. The van der Waals surface area contributed by atoms with Gasteiger partial charge in [-0.05, 0) is 166 Å². The van der Waals surface area contributed by atoms with Crippen molar-refractivity contribution >= 4 is 113 Å². The molecule has 0 aromatic heterocycles. The molecule has 7 aliphatic rings. The first-order valence-corrected chi connectivity index (χ1v) is 36.2. The highest BCUT2D eigenvalue weighted by Crippen LogP contribution is 2.25. The molecule has 31 heteroatoms. The van der Waals surface area contributed by atoms with Gasteiger partial charge in [-0.1, -0.05) is 0 Å². The van der Waals surface area contributed by atoms with Gasteiger partial charge in [-0.25, -0.2) is 4.79 Å². The van der Waals surface area contributed by atoms with Gasteiger partial charge in [0.25, 0.3) is 0 Å². The number of alkyl halides is 4. The monoisotopic (exact) mass is 1520 g/mol. The van der Waals surface area contributed by atoms with E-state index in [1.165, 1.54) is 56.7 Å². The highest BCUT2D eigenvalue weighted by atomic mass is 35.5. The van der Waals surface area contributed by atoms with Gasteiger partial charge in [-0.15, -0.1) is 58.8 Å². The fourth-order valence-corrected chi connectivity index (χ4v) is 10.4. The van der Waals surface area contributed by atoms with E-state index in [1.807, 2.05) is 27.7 Å². The van der Waals surface area contributed by atoms with Gasteiger partial charge in [-0.2, -0.15) is 0 Å². The van der Waals surface area contributed by atoms with E-state index in [4.69, 9.17) is 61.0 Å². The summed E-state index contributed by atoms with van der Waals surface area (Å²) < 4.78 is 42.4. The Morgan fingerprint density at radius 2 is 0.576 bits per heavy atom. The first-order chi connectivity index (χ1) is 46.3. The van der Waals surface area contributed by atoms with Crippen LogP contribution >= 0.6 is 58.8 Å². The van der Waals surface area contributed by atoms with Gasteiger partial charge in [0.2, 0.25) is 0 Å². The predicted octanol–water partition coefficient (Wildman–Crippen LogP) is 8.92. The Bertz CT molecular complexity index is 1840. The smallest absolute Gasteiger partial charge is 0.410 e. The van der Waals surface area contributed by atoms with Crippen LogP contribution in [0.4, 0.5) is 4.79 Å². The maximum Gasteiger partial charge on any atom is 0.410 e. The fraction of sp³-hybridized carbons (Fsp3) is 0.868. The van der Waals surface area contributed by atoms with Crippen molar-refractivity contribution < 1.29 is 90.9 Å². The number of aliphatic hydroxyl groups excluding tert-OH is 1. The van der Waals surface area contributed by atoms with Crippen LogP contribution in [0.2, 0.25) is 0 Å². The largest absolute Gasteiger partial charge is 0.469 e. The molecule has 7 rings (SSSR count). The average molecular weight is 1530 g/mol. The molecular weight excluding hydrogens is 1400 g/mol. The third-order valence-electron chi connectivity index (χ3n) is 16.6. The molecule has 14 atom stereocenters. The second kappa shape index (κ2) is 63.9. The maximum absolute atomic E-state index is 12.0. The number of amides is 1. The van der Waals surface area contributed by atoms with E-state index in [-0.39, 0.29) is 124 Å². The molecule has 586 valence electrons. The molecule has 7 N–H and O–H groups in total. The van der Waals surface area contributed by atoms with E-state index in [9.17, 15) is 43.2 Å². The van der Waals surface area contributed by atoms with Gasteiger partial charge in [-0.3, -0.25) is 38.4 Å². The summed E-state index contributed by atoms with van der Waals surface area (Å²) in [6, 6.07) is 3.41. The summed E-state index contributed by atoms with van der Waals surface area (Å²) in [6.45, 7) is 28.9. The number of rotatable bonds is 8. The molecule has 7 saturated heterocycles. The van der Waals surface area contributed by atoms with Crippen molar-refractivity contribution in [2.24, 2.45) is 41.4 Å². The van der Waals surface area contributed by atoms with Crippen LogP contribution in [0.1, 0.15) is 173 Å². The normalized spacial score (nSPS) is 26.3. The van der Waals surface area contributed by atoms with Crippen LogP contribution in [-0.2, 0) is 81.0 Å². The number of hydrogen-bond donors (Lipinski definition) is 7. The van der Waals surface area contributed by atoms with Crippen molar-refractivity contribution in [2.45, 2.75) is 221 Å². The molecule has 99 heavy (non-hydrogen) atoms. The molecule has 0 aliphatic carbocycles. The summed E-state index contributed by atoms with van der Waals surface area (Å²) in [7, 11) is 11.0. The summed E-state index contributed by atoms with van der Waals surface area (Å²) in [5.74, 6) is -0.699. The van der Waals surface area contributed by atoms with E-state index >= 15 is 0 Å². The second-order valence-corrected chi connectivity index (χ2v) is 27.2. The summed E-state index contributed by atoms with van der Waals surface area (Å²) >= 11 is 19.1. The highest BCUT2D eigenvalue weighted by Gasteiger charge is 2.36. The number of nitrogens with zero attached hydrogens (tertiary/aromatic N) is 1. The van der Waals surface area contributed by atoms with E-state index < -0.39 is 5.60 Å². The topological polar surface area (TPSA) is 332 Å². The minimum atomic E-state index is -0.519. The first kappa shape index (κ1) is 104. The molecular formula is C68H130Cl5N7O19. The number of methoxy groups -OCH3 is 7. The van der Waals surface area contributed by atoms with E-state index in [0.29, 0.717) is 49.4 Å². The molecule has 26 nitrogen and oxygen atoms in total. The van der Waals surface area contributed by atoms with Gasteiger partial charge < -0.3 is 84.5 Å². The lowest BCUT2D eigenvalue weighted by Gasteiger charge is -2.37. The summed E-state index contributed by atoms with van der Waals surface area (Å²) in [4.78, 5) is 101. The quantitative estimate of drug-likeness (QED) is 0.0677. The number of ether oxygens (including phenoxy) is 9. The number of aliphatic hydroxyl groups is 1. The van der Waals surface area contributed by atoms with Gasteiger partial charge in [0.1, 0.15) is 5.60 Å². The Morgan fingerprint density at radius 1 is 0.384 bits per heavy atom. The SMILES string of the molecule is CCOC(C)=O.CO.COC(=O)[C@@H]1CC[C@@H](C)N(C(=O)OC(C)(C)C)C1.COC(=O)[C@@H]1CC[C@@H](C)NC1.COC(=O)[C@@H]1CC[C@@H](C)NC1.COC(=O)[C@@H]1CC[C@@H](C)NC1.COC(=O)[C@@H]1CC[C@@H](C)NC1.COC(=O)[C@H]1CC[C@H](C)NC1.COC(=O)[C@H]1CC[C@H](C)NC1.Cl.ClCCl.ClCCl. The minimum Gasteiger partial charge on any atom is -0.469 e. The number of esters is 8. The summed E-state index contributed by atoms with van der Waals surface area (Å²) in [6.07, 6.45) is 13.4. The Hall–Kier alpha value is -3.80. The summed E-state index contributed by atoms with van der Waals surface area (Å²) in [5.41, 5.74) is -0.519. The number of nitrogens with one attached hydrogen (secondary N) is 6. The van der Waals surface area contributed by atoms with Crippen LogP contribution in [-0.4, -0.2) is 232 Å². The molecule has 0 spiro atoms. The molecule has 0 aromatic rings. The Balaban J connectivity index is -0.000000338. The zero-order chi connectivity index (χ0) is 75.9. The van der Waals surface area contributed by atoms with Crippen molar-refractivity contribution in [2.75, 3.05) is 120 Å². The van der Waals surface area contributed by atoms with Gasteiger partial charge in [0.05, 0.1) is 108 Å². The molecule has 0 unspecified atom stereocenters. The summed E-state index contributed by atoms with van der Waals surface area (Å²) in [5, 5.41) is 26.9. The lowest BCUT2D eigenvalue weighted by atomic mass is 9.94. The van der Waals surface area contributed by atoms with E-state index in [2.05, 4.69) is 107 Å². The Labute approximate surface area is 619 Å². The lowest BCUT2D eigenvalue weighted by Crippen LogP contribution is -2.49. The molecule has 7 aliphatic heterocycles. The number of likely N-dealkylation sites (tertiary alicyclic amines) is 1. The average Bonchev–Trinajstić information content (AvgIpc) is 0.843. The standard InChI is InChI=1S/C13H23NO4.6C8H15NO2.C4H8O2.2CH2Cl2.CH4O.ClH/c1-9-6-7-10(11(15)17-5)8-14(9)12(16)18-13(2,3)4;6*1-6-3-4-7(5-9-6)8(10)11-2;1-3-6-4(2)5;2*2-1-3;1-2;/h9-10H,6-8H2,1-5H3;6*6-7,9H,3-5H2,1-2H3;3H2,1-2H3;2*1H2;2H,1H3;1H/t9-,10-;6*6-,7-;;;;;/m1111100...../s1. The highest BCUT2D eigenvalue weighted by molar-refractivity contribution is 6.41. The third-order valence-corrected chi connectivity index (χ3v) is 16.6. The molecule has 7 heterocycles. The van der Waals surface area contributed by atoms with Crippen molar-refractivity contribution in [1.82, 2.24) is 36.8 Å². The zero-order valence-electron chi connectivity index (χ0n) is 63.2. The van der Waals surface area contributed by atoms with Crippen molar-refractivity contribution in [3.63, 3.8) is 0 Å². The molecule has 1 amide bonds. The Kier molecular flexibility index (Phi) is 67.0. The third kappa shape index (κ3) is 52.8. The van der Waals surface area contributed by atoms with Crippen molar-refractivity contribution in [3.8, 4) is 0 Å². The van der Waals surface area contributed by atoms with Crippen LogP contribution in [0, 0.1) is 41.4 Å². The van der Waals surface area contributed by atoms with Crippen molar-refractivity contribution in [3.05, 3.63) is 0 Å². The van der Waals surface area contributed by atoms with Crippen LogP contribution in [0.15, 0.2) is 0 Å². The number of carbonyl (C=O) groups excluding carboxylic acids is 9. The first-order valence-electron chi connectivity index (χ1n) is 34.0. The van der Waals surface area contributed by atoms with Crippen LogP contribution in [0.3, 0.4) is 0 Å². The van der Waals surface area contributed by atoms with Crippen LogP contribution in [0.25, 0.3) is 0 Å². The lowest BCUT2D eigenvalue weighted by molar-refractivity contribution is -0.148. The number of halogens is 5. The molecule has 0 aromatic carbocycles. The van der Waals surface area contributed by atoms with Crippen LogP contribution in [0.5, 0.6) is 0 Å². The predicted molar refractivity (Wildman–Crippen MR) is 391 cm³/mol. The molecule has 0 radical (unpaired) electrons. The van der Waals surface area contributed by atoms with Gasteiger partial charge in [0, 0.05) is 102 Å². The van der Waals surface area contributed by atoms with Crippen LogP contribution < -0.4 is 31.9 Å².